The predicted molar refractivity (Wildman–Crippen MR) is 94.0 cm³/mol. The minimum atomic E-state index is -0.388. The molecular formula is C20H18O6. The van der Waals surface area contributed by atoms with Gasteiger partial charge in [-0.3, -0.25) is 14.4 Å². The van der Waals surface area contributed by atoms with Crippen LogP contribution in [-0.2, 0) is 0 Å². The van der Waals surface area contributed by atoms with E-state index in [0.29, 0.717) is 11.3 Å². The van der Waals surface area contributed by atoms with Crippen molar-refractivity contribution in [3.63, 3.8) is 0 Å². The topological polar surface area (TPSA) is 78.9 Å². The van der Waals surface area contributed by atoms with Crippen LogP contribution in [0.15, 0.2) is 24.3 Å². The molecule has 0 bridgehead atoms. The Balaban J connectivity index is 2.32. The van der Waals surface area contributed by atoms with Gasteiger partial charge in [0, 0.05) is 29.2 Å². The number of hydrogen-bond donors (Lipinski definition) is 0. The van der Waals surface area contributed by atoms with Crippen molar-refractivity contribution in [2.45, 2.75) is 13.3 Å². The maximum atomic E-state index is 13.1. The molecule has 6 heteroatoms. The molecule has 6 nitrogen and oxygen atoms in total. The van der Waals surface area contributed by atoms with Gasteiger partial charge in [0.15, 0.2) is 11.6 Å². The molecule has 0 fully saturated rings. The Labute approximate surface area is 150 Å². The van der Waals surface area contributed by atoms with Crippen LogP contribution in [0.4, 0.5) is 0 Å². The van der Waals surface area contributed by atoms with E-state index in [-0.39, 0.29) is 57.5 Å². The third-order valence-electron chi connectivity index (χ3n) is 4.44. The Morgan fingerprint density at radius 3 is 1.92 bits per heavy atom. The van der Waals surface area contributed by atoms with Crippen LogP contribution < -0.4 is 14.2 Å². The number of ketones is 3. The van der Waals surface area contributed by atoms with Gasteiger partial charge in [0.25, 0.3) is 0 Å². The van der Waals surface area contributed by atoms with E-state index in [9.17, 15) is 14.4 Å². The predicted octanol–water partition coefficient (Wildman–Crippen LogP) is 3.08. The Hall–Kier alpha value is -3.15. The molecule has 1 aliphatic carbocycles. The average molecular weight is 354 g/mol. The normalized spacial score (nSPS) is 12.3. The van der Waals surface area contributed by atoms with E-state index >= 15 is 0 Å². The second-order valence-electron chi connectivity index (χ2n) is 5.79. The lowest BCUT2D eigenvalue weighted by molar-refractivity contribution is 0.0969. The second kappa shape index (κ2) is 6.63. The molecule has 0 saturated carbocycles. The first-order chi connectivity index (χ1) is 12.5. The molecule has 0 amide bonds. The van der Waals surface area contributed by atoms with Gasteiger partial charge in [0.1, 0.15) is 17.2 Å². The van der Waals surface area contributed by atoms with Gasteiger partial charge in [-0.1, -0.05) is 6.92 Å². The molecule has 3 rings (SSSR count). The van der Waals surface area contributed by atoms with Gasteiger partial charge in [-0.05, 0) is 18.2 Å². The van der Waals surface area contributed by atoms with Crippen molar-refractivity contribution < 1.29 is 28.6 Å². The molecular weight excluding hydrogens is 336 g/mol. The van der Waals surface area contributed by atoms with E-state index in [2.05, 4.69) is 0 Å². The number of methoxy groups -OCH3 is 3. The molecule has 0 aromatic heterocycles. The lowest BCUT2D eigenvalue weighted by atomic mass is 9.81. The molecule has 26 heavy (non-hydrogen) atoms. The molecule has 134 valence electrons. The Morgan fingerprint density at radius 1 is 0.808 bits per heavy atom. The van der Waals surface area contributed by atoms with Crippen molar-refractivity contribution in [1.82, 2.24) is 0 Å². The first-order valence-corrected chi connectivity index (χ1v) is 8.07. The van der Waals surface area contributed by atoms with E-state index in [1.54, 1.807) is 13.0 Å². The molecule has 0 atom stereocenters. The molecule has 2 aromatic carbocycles. The second-order valence-corrected chi connectivity index (χ2v) is 5.79. The van der Waals surface area contributed by atoms with E-state index in [1.807, 2.05) is 0 Å². The van der Waals surface area contributed by atoms with Crippen molar-refractivity contribution in [3.8, 4) is 17.2 Å². The minimum absolute atomic E-state index is 0.139. The summed E-state index contributed by atoms with van der Waals surface area (Å²) in [5.41, 5.74) is 0.971. The summed E-state index contributed by atoms with van der Waals surface area (Å²) in [5.74, 6) is -0.0593. The summed E-state index contributed by atoms with van der Waals surface area (Å²) in [6.07, 6.45) is 0.280. The monoisotopic (exact) mass is 354 g/mol. The maximum absolute atomic E-state index is 13.1. The van der Waals surface area contributed by atoms with Crippen molar-refractivity contribution in [3.05, 3.63) is 52.1 Å². The zero-order valence-corrected chi connectivity index (χ0v) is 15.0. The largest absolute Gasteiger partial charge is 0.497 e. The fraction of sp³-hybridized carbons (Fsp3) is 0.250. The van der Waals surface area contributed by atoms with Crippen LogP contribution in [-0.4, -0.2) is 38.7 Å². The minimum Gasteiger partial charge on any atom is -0.497 e. The maximum Gasteiger partial charge on any atom is 0.201 e. The number of Topliss-reactive ketones (excluding diaryl/α,β-unsaturated/α-hetero) is 1. The van der Waals surface area contributed by atoms with Gasteiger partial charge in [-0.2, -0.15) is 0 Å². The first kappa shape index (κ1) is 17.7. The molecule has 0 heterocycles. The van der Waals surface area contributed by atoms with Gasteiger partial charge in [-0.15, -0.1) is 0 Å². The number of carbonyl (C=O) groups excluding carboxylic acids is 3. The fourth-order valence-corrected chi connectivity index (χ4v) is 3.11. The van der Waals surface area contributed by atoms with Crippen molar-refractivity contribution in [1.29, 1.82) is 0 Å². The Kier molecular flexibility index (Phi) is 4.50. The van der Waals surface area contributed by atoms with Crippen LogP contribution in [0.25, 0.3) is 0 Å². The van der Waals surface area contributed by atoms with Crippen molar-refractivity contribution in [2.75, 3.05) is 21.3 Å². The summed E-state index contributed by atoms with van der Waals surface area (Å²) >= 11 is 0. The van der Waals surface area contributed by atoms with Crippen molar-refractivity contribution >= 4 is 17.3 Å². The van der Waals surface area contributed by atoms with Crippen molar-refractivity contribution in [2.24, 2.45) is 0 Å². The summed E-state index contributed by atoms with van der Waals surface area (Å²) < 4.78 is 15.8. The van der Waals surface area contributed by atoms with Crippen LogP contribution in [0.3, 0.4) is 0 Å². The first-order valence-electron chi connectivity index (χ1n) is 8.07. The molecule has 2 aromatic rings. The number of fused-ring (bicyclic) bond motifs is 2. The highest BCUT2D eigenvalue weighted by Crippen LogP contribution is 2.40. The highest BCUT2D eigenvalue weighted by molar-refractivity contribution is 6.30. The highest BCUT2D eigenvalue weighted by atomic mass is 16.5. The quantitative estimate of drug-likeness (QED) is 0.655. The lowest BCUT2D eigenvalue weighted by Crippen LogP contribution is -2.23. The molecule has 0 unspecified atom stereocenters. The number of carbonyl (C=O) groups is 3. The molecule has 0 N–H and O–H groups in total. The zero-order chi connectivity index (χ0) is 19.0. The van der Waals surface area contributed by atoms with E-state index in [0.717, 1.165) is 0 Å². The third-order valence-corrected chi connectivity index (χ3v) is 4.44. The molecule has 0 saturated heterocycles. The summed E-state index contributed by atoms with van der Waals surface area (Å²) in [5, 5.41) is 0. The summed E-state index contributed by atoms with van der Waals surface area (Å²) in [4.78, 5) is 38.3. The zero-order valence-electron chi connectivity index (χ0n) is 15.0. The number of rotatable bonds is 5. The van der Waals surface area contributed by atoms with Crippen LogP contribution in [0.5, 0.6) is 17.2 Å². The Bertz CT molecular complexity index is 942. The molecule has 1 aliphatic rings. The molecule has 0 radical (unpaired) electrons. The van der Waals surface area contributed by atoms with Crippen LogP contribution >= 0.6 is 0 Å². The van der Waals surface area contributed by atoms with E-state index < -0.39 is 0 Å². The van der Waals surface area contributed by atoms with Crippen LogP contribution in [0.1, 0.15) is 55.5 Å². The van der Waals surface area contributed by atoms with E-state index in [4.69, 9.17) is 14.2 Å². The molecule has 0 aliphatic heterocycles. The highest BCUT2D eigenvalue weighted by Gasteiger charge is 2.36. The average Bonchev–Trinajstić information content (AvgIpc) is 2.69. The van der Waals surface area contributed by atoms with Gasteiger partial charge in [-0.25, -0.2) is 0 Å². The van der Waals surface area contributed by atoms with Gasteiger partial charge < -0.3 is 14.2 Å². The van der Waals surface area contributed by atoms with Gasteiger partial charge in [0.2, 0.25) is 5.78 Å². The summed E-state index contributed by atoms with van der Waals surface area (Å²) in [6.45, 7) is 1.73. The third kappa shape index (κ3) is 2.54. The number of ether oxygens (including phenoxy) is 3. The standard InChI is InChI=1S/C20H18O6/c1-5-14(21)10-6-12-17(15(7-10)25-3)20(23)18-13(19(12)22)8-11(24-2)9-16(18)26-4/h6-9H,5H2,1-4H3. The van der Waals surface area contributed by atoms with E-state index in [1.165, 1.54) is 39.5 Å². The van der Waals surface area contributed by atoms with Crippen LogP contribution in [0.2, 0.25) is 0 Å². The summed E-state index contributed by atoms with van der Waals surface area (Å²) in [7, 11) is 4.28. The Morgan fingerprint density at radius 2 is 1.38 bits per heavy atom. The molecule has 0 spiro atoms. The number of hydrogen-bond acceptors (Lipinski definition) is 6. The fourth-order valence-electron chi connectivity index (χ4n) is 3.11. The SMILES string of the molecule is CCC(=O)c1cc(OC)c2c(c1)C(=O)c1cc(OC)cc(OC)c1C2=O. The smallest absolute Gasteiger partial charge is 0.201 e. The summed E-state index contributed by atoms with van der Waals surface area (Å²) in [6, 6.07) is 6.01. The van der Waals surface area contributed by atoms with Gasteiger partial charge in [0.05, 0.1) is 32.5 Å². The van der Waals surface area contributed by atoms with Crippen LogP contribution in [0, 0.1) is 0 Å². The lowest BCUT2D eigenvalue weighted by Gasteiger charge is -2.22. The number of benzene rings is 2. The van der Waals surface area contributed by atoms with Gasteiger partial charge >= 0.3 is 0 Å².